The van der Waals surface area contributed by atoms with Crippen molar-refractivity contribution in [2.45, 2.75) is 212 Å². The molecule has 2 unspecified atom stereocenters. The van der Waals surface area contributed by atoms with E-state index < -0.39 is 121 Å². The van der Waals surface area contributed by atoms with Crippen LogP contribution in [0, 0.1) is 41.4 Å². The number of hydroxylamine groups is 2. The largest absolute Gasteiger partial charge is 0.481 e. The molecule has 0 radical (unpaired) electrons. The zero-order chi connectivity index (χ0) is 72.5. The third-order valence-corrected chi connectivity index (χ3v) is 18.3. The van der Waals surface area contributed by atoms with Crippen LogP contribution in [0.3, 0.4) is 0 Å². The molecular weight excluding hydrogens is 1300 g/mol. The lowest BCUT2D eigenvalue weighted by molar-refractivity contribution is -0.271. The molecule has 3 heterocycles. The Labute approximate surface area is 581 Å². The Hall–Kier alpha value is -8.26. The number of terminal acetylenes is 1. The number of benzene rings is 2. The predicted octanol–water partition coefficient (Wildman–Crippen LogP) is 5.41. The highest BCUT2D eigenvalue weighted by Crippen LogP contribution is 2.34. The lowest BCUT2D eigenvalue weighted by Gasteiger charge is -2.39. The maximum Gasteiger partial charge on any atom is 0.411 e. The maximum absolute atomic E-state index is 14.9. The van der Waals surface area contributed by atoms with E-state index in [0.29, 0.717) is 37.7 Å². The van der Waals surface area contributed by atoms with Gasteiger partial charge in [0.15, 0.2) is 12.2 Å². The van der Waals surface area contributed by atoms with Gasteiger partial charge in [0.1, 0.15) is 60.1 Å². The first-order valence-corrected chi connectivity index (χ1v) is 34.5. The van der Waals surface area contributed by atoms with Crippen LogP contribution in [0.15, 0.2) is 47.8 Å². The molecule has 0 spiro atoms. The van der Waals surface area contributed by atoms with E-state index in [4.69, 9.17) is 34.9 Å². The van der Waals surface area contributed by atoms with Crippen molar-refractivity contribution in [1.29, 1.82) is 0 Å². The van der Waals surface area contributed by atoms with E-state index in [1.54, 1.807) is 24.3 Å². The normalized spacial score (nSPS) is 21.0. The molecule has 2 fully saturated rings. The van der Waals surface area contributed by atoms with Gasteiger partial charge in [-0.25, -0.2) is 19.6 Å². The van der Waals surface area contributed by atoms with E-state index in [9.17, 15) is 68.7 Å². The molecule has 28 nitrogen and oxygen atoms in total. The molecule has 1 aliphatic carbocycles. The molecule has 2 aliphatic heterocycles. The van der Waals surface area contributed by atoms with Crippen molar-refractivity contribution in [2.24, 2.45) is 17.3 Å². The zero-order valence-corrected chi connectivity index (χ0v) is 58.3. The van der Waals surface area contributed by atoms with Gasteiger partial charge in [0.2, 0.25) is 18.1 Å². The SMILES string of the molecule is C#CCCCON(C(=O)C(NC(=O)[C@H]1CCCCN1C)[C@@H](C)CC)[C@H](C[C@@H](OC(C)=O)c1nc(C(=O)N[C@@H](Cc2ccc(NC(=O)OCc3ccc(O[C@@H]4O[C@H](C(=O)O)[C@@H](O)[C@H](O)[C@H]4O)c(C(=O)NCCNC(=O)COC4C#CCCCCC4)c3)cc2)CC(C)(C)C(=O)O)cs1)C(C)C. The number of nitrogens with one attached hydrogen (secondary N) is 5. The summed E-state index contributed by atoms with van der Waals surface area (Å²) in [6, 6.07) is 7.42. The lowest BCUT2D eigenvalue weighted by atomic mass is 9.84. The molecule has 2 aromatic carbocycles. The summed E-state index contributed by atoms with van der Waals surface area (Å²) in [5.41, 5.74) is -0.470. The average molecular weight is 1400 g/mol. The molecule has 29 heteroatoms. The summed E-state index contributed by atoms with van der Waals surface area (Å²) in [5.74, 6) is 1.71. The number of ether oxygens (including phenoxy) is 5. The number of hydrogen-bond acceptors (Lipinski definition) is 21. The van der Waals surface area contributed by atoms with Crippen molar-refractivity contribution < 1.29 is 97.2 Å². The first-order chi connectivity index (χ1) is 47.1. The van der Waals surface area contributed by atoms with Crippen molar-refractivity contribution in [3.05, 3.63) is 75.2 Å². The third-order valence-electron chi connectivity index (χ3n) is 17.4. The van der Waals surface area contributed by atoms with Crippen molar-refractivity contribution in [1.82, 2.24) is 36.2 Å². The fourth-order valence-electron chi connectivity index (χ4n) is 11.4. The molecule has 3 aromatic rings. The number of aliphatic hydroxyl groups is 3. The molecule has 2 saturated heterocycles. The molecule has 12 atom stereocenters. The number of likely N-dealkylation sites (tertiary alicyclic amines) is 1. The van der Waals surface area contributed by atoms with Gasteiger partial charge in [0, 0.05) is 56.4 Å². The van der Waals surface area contributed by atoms with Crippen LogP contribution in [0.1, 0.15) is 175 Å². The van der Waals surface area contributed by atoms with Crippen molar-refractivity contribution >= 4 is 70.6 Å². The fraction of sp³-hybridized carbons (Fsp3) is 0.600. The zero-order valence-electron chi connectivity index (χ0n) is 57.5. The van der Waals surface area contributed by atoms with Gasteiger partial charge < -0.3 is 70.5 Å². The summed E-state index contributed by atoms with van der Waals surface area (Å²) in [6.45, 7) is 11.9. The summed E-state index contributed by atoms with van der Waals surface area (Å²) >= 11 is 1.05. The number of esters is 1. The summed E-state index contributed by atoms with van der Waals surface area (Å²) in [6.07, 6.45) is 1.58. The second-order valence-corrected chi connectivity index (χ2v) is 26.9. The minimum Gasteiger partial charge on any atom is -0.481 e. The molecule has 3 aliphatic rings. The minimum atomic E-state index is -2.02. The monoisotopic (exact) mass is 1400 g/mol. The Balaban J connectivity index is 1.13. The number of anilines is 1. The quantitative estimate of drug-likeness (QED) is 0.0152. The van der Waals surface area contributed by atoms with Crippen molar-refractivity contribution in [2.75, 3.05) is 45.2 Å². The second kappa shape index (κ2) is 38.9. The number of piperidine rings is 1. The first kappa shape index (κ1) is 79.7. The molecular formula is C70H96N8O20S. The number of amides is 6. The molecule has 0 saturated carbocycles. The number of thiazole rings is 1. The number of unbranched alkanes of at least 4 members (excludes halogenated alkanes) is 1. The first-order valence-electron chi connectivity index (χ1n) is 33.6. The van der Waals surface area contributed by atoms with E-state index in [1.807, 2.05) is 39.6 Å². The van der Waals surface area contributed by atoms with Gasteiger partial charge in [-0.05, 0) is 126 Å². The molecule has 0 bridgehead atoms. The van der Waals surface area contributed by atoms with E-state index in [1.165, 1.54) is 49.4 Å². The van der Waals surface area contributed by atoms with E-state index >= 15 is 0 Å². The Morgan fingerprint density at radius 3 is 2.29 bits per heavy atom. The van der Waals surface area contributed by atoms with Gasteiger partial charge in [-0.2, -0.15) is 0 Å². The highest BCUT2D eigenvalue weighted by atomic mass is 32.1. The number of nitrogens with zero attached hydrogens (tertiary/aromatic N) is 3. The van der Waals surface area contributed by atoms with Crippen molar-refractivity contribution in [3.63, 3.8) is 0 Å². The maximum atomic E-state index is 14.9. The van der Waals surface area contributed by atoms with Gasteiger partial charge >= 0.3 is 24.0 Å². The molecule has 10 N–H and O–H groups in total. The van der Waals surface area contributed by atoms with Gasteiger partial charge in [-0.3, -0.25) is 48.6 Å². The number of carboxylic acids is 2. The smallest absolute Gasteiger partial charge is 0.411 e. The van der Waals surface area contributed by atoms with Crippen molar-refractivity contribution in [3.8, 4) is 29.9 Å². The lowest BCUT2D eigenvalue weighted by Crippen LogP contribution is -2.61. The summed E-state index contributed by atoms with van der Waals surface area (Å²) in [7, 11) is 1.89. The number of carbonyl (C=O) groups is 9. The van der Waals surface area contributed by atoms with Crippen LogP contribution in [0.25, 0.3) is 0 Å². The van der Waals surface area contributed by atoms with E-state index in [-0.39, 0.29) is 103 Å². The number of carboxylic acid groups (broad SMARTS) is 2. The molecule has 6 amide bonds. The Morgan fingerprint density at radius 2 is 1.62 bits per heavy atom. The highest BCUT2D eigenvalue weighted by molar-refractivity contribution is 7.09. The van der Waals surface area contributed by atoms with Gasteiger partial charge in [0.05, 0.1) is 29.7 Å². The van der Waals surface area contributed by atoms with Crippen LogP contribution in [-0.2, 0) is 65.6 Å². The number of rotatable bonds is 35. The third kappa shape index (κ3) is 24.3. The van der Waals surface area contributed by atoms with E-state index in [2.05, 4.69) is 49.3 Å². The van der Waals surface area contributed by atoms with Crippen LogP contribution in [0.4, 0.5) is 10.5 Å². The second-order valence-electron chi connectivity index (χ2n) is 26.1. The van der Waals surface area contributed by atoms with Crippen LogP contribution in [0.5, 0.6) is 5.75 Å². The fourth-order valence-corrected chi connectivity index (χ4v) is 12.2. The number of aliphatic carboxylic acids is 2. The number of hydrogen-bond donors (Lipinski definition) is 10. The summed E-state index contributed by atoms with van der Waals surface area (Å²) < 4.78 is 28.1. The topological polar surface area (TPSA) is 390 Å². The molecule has 6 rings (SSSR count). The number of likely N-dealkylation sites (N-methyl/N-ethyl adjacent to an activating group) is 1. The van der Waals surface area contributed by atoms with E-state index in [0.717, 1.165) is 56.4 Å². The highest BCUT2D eigenvalue weighted by Gasteiger charge is 2.49. The van der Waals surface area contributed by atoms with Gasteiger partial charge in [0.25, 0.3) is 17.7 Å². The van der Waals surface area contributed by atoms with Crippen LogP contribution in [-0.4, -0.2) is 195 Å². The summed E-state index contributed by atoms with van der Waals surface area (Å²) in [4.78, 5) is 133. The molecule has 1 aromatic heterocycles. The minimum absolute atomic E-state index is 0.0204. The van der Waals surface area contributed by atoms with Crippen LogP contribution in [0.2, 0.25) is 0 Å². The standard InChI is InChI=1S/C70H96N8O20S/c1-10-12-20-33-95-78(65(87)56(42(5)11-2)76-63(86)51-23-18-19-32-77(51)9)52(41(3)4)36-54(96-43(6)79)64-75-50(40-99-64)62(85)73-47(37-70(7,8)68(90)91)34-44-24-27-46(28-25-44)74-69(92)94-38-45-26-29-53(97-67-59(83)57(81)58(82)60(98-67)66(88)89)49(35-45)61(84)72-31-30-71-55(80)39-93-48-21-16-14-13-15-17-22-48/h1,24-29,35,40-42,47-48,51-52,54,56-60,67,81-83H,11-16,18-21,23,30-34,36-39H2,2-9H3,(H,71,80)(H,72,84)(H,73,85)(H,74,92)(H,76,86)(H,88,89)(H,90,91)/t42-,47-,48?,51+,52+,54+,56?,57-,58-,59+,60-,67+/m0/s1. The molecule has 542 valence electrons. The van der Waals surface area contributed by atoms with Crippen LogP contribution >= 0.6 is 11.3 Å². The van der Waals surface area contributed by atoms with Gasteiger partial charge in [-0.15, -0.1) is 29.6 Å². The average Bonchev–Trinajstić information content (AvgIpc) is 0.900. The van der Waals surface area contributed by atoms with Crippen LogP contribution < -0.4 is 31.3 Å². The Kier molecular flexibility index (Phi) is 31.3. The Bertz CT molecular complexity index is 3350. The molecule has 99 heavy (non-hydrogen) atoms. The number of carbonyl (C=O) groups excluding carboxylic acids is 7. The predicted molar refractivity (Wildman–Crippen MR) is 361 cm³/mol. The number of aromatic nitrogens is 1. The number of aliphatic hydroxyl groups excluding tert-OH is 3. The summed E-state index contributed by atoms with van der Waals surface area (Å²) in [5, 5.41) is 68.1. The Morgan fingerprint density at radius 1 is 0.899 bits per heavy atom. The van der Waals surface area contributed by atoms with Gasteiger partial charge in [-0.1, -0.05) is 71.1 Å².